The van der Waals surface area contributed by atoms with Crippen LogP contribution >= 0.6 is 0 Å². The molecule has 0 aromatic heterocycles. The quantitative estimate of drug-likeness (QED) is 0.702. The third-order valence-electron chi connectivity index (χ3n) is 0.850. The third kappa shape index (κ3) is 4.78. The molecule has 0 saturated carbocycles. The number of phenolic OH excluding ortho intramolecular Hbond substituents is 2. The summed E-state index contributed by atoms with van der Waals surface area (Å²) in [5, 5.41) is 17.3. The van der Waals surface area contributed by atoms with Gasteiger partial charge in [0.25, 0.3) is 0 Å². The maximum Gasteiger partial charge on any atom is 0.115 e. The zero-order chi connectivity index (χ0) is 5.98. The fourth-order valence-electron chi connectivity index (χ4n) is 0.453. The van der Waals surface area contributed by atoms with Gasteiger partial charge in [-0.2, -0.15) is 0 Å². The second kappa shape index (κ2) is 6.72. The Morgan fingerprint density at radius 2 is 0.900 bits per heavy atom. The Labute approximate surface area is 110 Å². The first kappa shape index (κ1) is 13.6. The summed E-state index contributed by atoms with van der Waals surface area (Å²) < 4.78 is 0. The Hall–Kier alpha value is 1.03. The molecule has 0 spiro atoms. The van der Waals surface area contributed by atoms with Crippen molar-refractivity contribution < 1.29 is 75.6 Å². The van der Waals surface area contributed by atoms with Crippen molar-refractivity contribution in [1.82, 2.24) is 0 Å². The van der Waals surface area contributed by atoms with Crippen LogP contribution in [-0.2, 0) is 65.4 Å². The Morgan fingerprint density at radius 3 is 1.10 bits per heavy atom. The molecule has 2 nitrogen and oxygen atoms in total. The van der Waals surface area contributed by atoms with Crippen LogP contribution in [0.1, 0.15) is 0 Å². The minimum Gasteiger partial charge on any atom is -0.508 e. The van der Waals surface area contributed by atoms with Crippen molar-refractivity contribution in [3.8, 4) is 11.5 Å². The van der Waals surface area contributed by atoms with Crippen molar-refractivity contribution in [2.75, 3.05) is 0 Å². The van der Waals surface area contributed by atoms with Crippen molar-refractivity contribution >= 4 is 0 Å². The van der Waals surface area contributed by atoms with E-state index >= 15 is 0 Å². The van der Waals surface area contributed by atoms with E-state index in [1.54, 1.807) is 0 Å². The molecule has 0 aliphatic rings. The predicted octanol–water partition coefficient (Wildman–Crippen LogP) is 1.09. The van der Waals surface area contributed by atoms with E-state index in [0.717, 1.165) is 0 Å². The Bertz CT molecular complexity index is 153. The van der Waals surface area contributed by atoms with Crippen LogP contribution in [0.15, 0.2) is 24.3 Å². The zero-order valence-corrected chi connectivity index (χ0v) is 11.0. The maximum absolute atomic E-state index is 8.65. The van der Waals surface area contributed by atoms with Gasteiger partial charge in [-0.05, 0) is 24.3 Å². The van der Waals surface area contributed by atoms with Gasteiger partial charge in [0, 0.05) is 65.4 Å². The monoisotopic (exact) mass is 288 g/mol. The third-order valence-corrected chi connectivity index (χ3v) is 0.850. The molecule has 0 amide bonds. The summed E-state index contributed by atoms with van der Waals surface area (Å²) in [6.07, 6.45) is 0. The molecule has 10 heavy (non-hydrogen) atoms. The molecule has 1 aromatic rings. The van der Waals surface area contributed by atoms with E-state index in [2.05, 4.69) is 0 Å². The summed E-state index contributed by atoms with van der Waals surface area (Å²) in [6.45, 7) is 0. The average molecular weight is 288 g/mol. The van der Waals surface area contributed by atoms with E-state index < -0.39 is 0 Å². The van der Waals surface area contributed by atoms with Crippen LogP contribution in [0.25, 0.3) is 0 Å². The fraction of sp³-hybridized carbons (Fsp3) is 0. The molecule has 0 fully saturated rings. The van der Waals surface area contributed by atoms with E-state index in [9.17, 15) is 0 Å². The summed E-state index contributed by atoms with van der Waals surface area (Å²) in [4.78, 5) is 0. The van der Waals surface area contributed by atoms with Crippen LogP contribution in [0, 0.1) is 0 Å². The molecule has 0 heterocycles. The van der Waals surface area contributed by atoms with Crippen molar-refractivity contribution in [3.05, 3.63) is 24.3 Å². The van der Waals surface area contributed by atoms with Gasteiger partial charge in [0.15, 0.2) is 0 Å². The van der Waals surface area contributed by atoms with E-state index in [1.165, 1.54) is 24.3 Å². The first-order valence-corrected chi connectivity index (χ1v) is 2.27. The Morgan fingerprint density at radius 1 is 0.700 bits per heavy atom. The normalized spacial score (nSPS) is 7.20. The van der Waals surface area contributed by atoms with Crippen LogP contribution in [0.2, 0.25) is 0 Å². The van der Waals surface area contributed by atoms with Gasteiger partial charge < -0.3 is 10.2 Å². The summed E-state index contributed by atoms with van der Waals surface area (Å²) in [5.41, 5.74) is 0. The molecule has 48 valence electrons. The van der Waals surface area contributed by atoms with E-state index in [1.807, 2.05) is 0 Å². The van der Waals surface area contributed by atoms with Crippen LogP contribution in [-0.4, -0.2) is 10.2 Å². The van der Waals surface area contributed by atoms with Gasteiger partial charge in [0.2, 0.25) is 0 Å². The minimum atomic E-state index is 0. The molecule has 1 rings (SSSR count). The maximum atomic E-state index is 8.65. The van der Waals surface area contributed by atoms with E-state index in [-0.39, 0.29) is 76.9 Å². The zero-order valence-electron chi connectivity index (χ0n) is 5.36. The van der Waals surface area contributed by atoms with Crippen LogP contribution in [0.4, 0.5) is 0 Å². The molecule has 0 aliphatic heterocycles. The molecular formula is C6H6O2Y2. The Kier molecular flexibility index (Phi) is 9.14. The van der Waals surface area contributed by atoms with Crippen molar-refractivity contribution in [2.45, 2.75) is 0 Å². The smallest absolute Gasteiger partial charge is 0.115 e. The van der Waals surface area contributed by atoms with Gasteiger partial charge >= 0.3 is 0 Å². The van der Waals surface area contributed by atoms with Gasteiger partial charge in [-0.25, -0.2) is 0 Å². The molecule has 2 N–H and O–H groups in total. The van der Waals surface area contributed by atoms with Crippen molar-refractivity contribution in [1.29, 1.82) is 0 Å². The first-order chi connectivity index (χ1) is 3.79. The SMILES string of the molecule is Oc1ccc(O)cc1.[Y].[Y]. The molecule has 0 saturated heterocycles. The molecular weight excluding hydrogens is 282 g/mol. The summed E-state index contributed by atoms with van der Waals surface area (Å²) in [7, 11) is 0. The van der Waals surface area contributed by atoms with Crippen molar-refractivity contribution in [3.63, 3.8) is 0 Å². The summed E-state index contributed by atoms with van der Waals surface area (Å²) >= 11 is 0. The van der Waals surface area contributed by atoms with Crippen molar-refractivity contribution in [2.24, 2.45) is 0 Å². The summed E-state index contributed by atoms with van der Waals surface area (Å²) in [5.74, 6) is 0.339. The predicted molar refractivity (Wildman–Crippen MR) is 29.8 cm³/mol. The standard InChI is InChI=1S/C6H6O2.2Y/c7-5-1-2-6(8)4-3-5;;/h1-4,7-8H;;. The molecule has 0 atom stereocenters. The number of benzene rings is 1. The Balaban J connectivity index is 0. The largest absolute Gasteiger partial charge is 0.508 e. The van der Waals surface area contributed by atoms with Gasteiger partial charge in [-0.15, -0.1) is 0 Å². The molecule has 1 aromatic carbocycles. The summed E-state index contributed by atoms with van der Waals surface area (Å²) in [6, 6.07) is 5.70. The molecule has 4 heteroatoms. The average Bonchev–Trinajstić information content (AvgIpc) is 1.77. The number of rotatable bonds is 0. The first-order valence-electron chi connectivity index (χ1n) is 2.27. The molecule has 0 unspecified atom stereocenters. The minimum absolute atomic E-state index is 0. The van der Waals surface area contributed by atoms with Gasteiger partial charge in [-0.3, -0.25) is 0 Å². The van der Waals surface area contributed by atoms with Crippen LogP contribution < -0.4 is 0 Å². The van der Waals surface area contributed by atoms with Gasteiger partial charge in [0.1, 0.15) is 11.5 Å². The van der Waals surface area contributed by atoms with Gasteiger partial charge in [0.05, 0.1) is 0 Å². The van der Waals surface area contributed by atoms with Gasteiger partial charge in [-0.1, -0.05) is 0 Å². The number of hydrogen-bond acceptors (Lipinski definition) is 2. The van der Waals surface area contributed by atoms with E-state index in [4.69, 9.17) is 10.2 Å². The second-order valence-corrected chi connectivity index (χ2v) is 1.52. The number of phenols is 2. The van der Waals surface area contributed by atoms with Crippen LogP contribution in [0.5, 0.6) is 11.5 Å². The topological polar surface area (TPSA) is 40.5 Å². The molecule has 0 aliphatic carbocycles. The van der Waals surface area contributed by atoms with Crippen LogP contribution in [0.3, 0.4) is 0 Å². The fourth-order valence-corrected chi connectivity index (χ4v) is 0.453. The second-order valence-electron chi connectivity index (χ2n) is 1.52. The number of hydrogen-bond donors (Lipinski definition) is 2. The molecule has 2 radical (unpaired) electrons. The number of aromatic hydroxyl groups is 2. The van der Waals surface area contributed by atoms with E-state index in [0.29, 0.717) is 0 Å². The molecule has 0 bridgehead atoms.